The number of benzene rings is 2. The smallest absolute Gasteiger partial charge is 0.335 e. The summed E-state index contributed by atoms with van der Waals surface area (Å²) in [6, 6.07) is 13.8. The Balaban J connectivity index is 0.000000209. The third-order valence-corrected chi connectivity index (χ3v) is 4.55. The second kappa shape index (κ2) is 10.4. The van der Waals surface area contributed by atoms with Crippen LogP contribution in [0.2, 0.25) is 0 Å². The highest BCUT2D eigenvalue weighted by molar-refractivity contribution is 5.93. The molecule has 2 aromatic carbocycles. The minimum Gasteiger partial charge on any atom is -0.478 e. The summed E-state index contributed by atoms with van der Waals surface area (Å²) in [6.07, 6.45) is 4.55. The maximum atomic E-state index is 10.4. The molecule has 1 saturated heterocycles. The summed E-state index contributed by atoms with van der Waals surface area (Å²) < 4.78 is 0. The van der Waals surface area contributed by atoms with Crippen molar-refractivity contribution in [3.05, 3.63) is 77.4 Å². The molecule has 6 nitrogen and oxygen atoms in total. The molecule has 148 valence electrons. The van der Waals surface area contributed by atoms with E-state index in [0.29, 0.717) is 0 Å². The number of carboxylic acid groups (broad SMARTS) is 2. The largest absolute Gasteiger partial charge is 0.478 e. The third kappa shape index (κ3) is 6.33. The number of rotatable bonds is 6. The van der Waals surface area contributed by atoms with E-state index in [-0.39, 0.29) is 11.1 Å². The van der Waals surface area contributed by atoms with Gasteiger partial charge >= 0.3 is 11.9 Å². The number of hydrogen-bond acceptors (Lipinski definition) is 4. The summed E-state index contributed by atoms with van der Waals surface area (Å²) in [5.41, 5.74) is 2.51. The van der Waals surface area contributed by atoms with Gasteiger partial charge < -0.3 is 10.2 Å². The lowest BCUT2D eigenvalue weighted by Crippen LogP contribution is -2.36. The van der Waals surface area contributed by atoms with Gasteiger partial charge in [-0.15, -0.1) is 0 Å². The average molecular weight is 382 g/mol. The van der Waals surface area contributed by atoms with E-state index in [4.69, 9.17) is 10.2 Å². The number of carboxylic acids is 2. The van der Waals surface area contributed by atoms with Crippen LogP contribution in [-0.2, 0) is 6.54 Å². The van der Waals surface area contributed by atoms with Crippen molar-refractivity contribution in [2.45, 2.75) is 19.4 Å². The van der Waals surface area contributed by atoms with Crippen molar-refractivity contribution in [3.63, 3.8) is 0 Å². The summed E-state index contributed by atoms with van der Waals surface area (Å²) in [4.78, 5) is 20.8. The first-order valence-electron chi connectivity index (χ1n) is 9.14. The Kier molecular flexibility index (Phi) is 7.92. The predicted octanol–water partition coefficient (Wildman–Crippen LogP) is 3.86. The number of hydrogen-bond donors (Lipinski definition) is 2. The van der Waals surface area contributed by atoms with Gasteiger partial charge in [0.2, 0.25) is 0 Å². The molecular formula is C22H26N2O4. The highest BCUT2D eigenvalue weighted by atomic mass is 16.4. The molecule has 3 rings (SSSR count). The first kappa shape index (κ1) is 21.3. The zero-order valence-electron chi connectivity index (χ0n) is 16.0. The molecule has 0 spiro atoms. The SMILES string of the molecule is C=Cc1ccc(CN(C)N2CCCC2)cc1.O=C(O)c1cccc(C(=O)O)c1. The number of nitrogens with zero attached hydrogens (tertiary/aromatic N) is 2. The van der Waals surface area contributed by atoms with E-state index in [2.05, 4.69) is 47.9 Å². The van der Waals surface area contributed by atoms with Gasteiger partial charge in [-0.2, -0.15) is 0 Å². The first-order chi connectivity index (χ1) is 13.4. The third-order valence-electron chi connectivity index (χ3n) is 4.55. The van der Waals surface area contributed by atoms with Crippen LogP contribution in [0.3, 0.4) is 0 Å². The van der Waals surface area contributed by atoms with Crippen molar-refractivity contribution in [3.8, 4) is 0 Å². The summed E-state index contributed by atoms with van der Waals surface area (Å²) in [6.45, 7) is 7.18. The van der Waals surface area contributed by atoms with Crippen LogP contribution in [0.15, 0.2) is 55.1 Å². The normalized spacial score (nSPS) is 13.6. The minimum atomic E-state index is -1.13. The van der Waals surface area contributed by atoms with Gasteiger partial charge in [-0.25, -0.2) is 19.6 Å². The Hall–Kier alpha value is -2.96. The van der Waals surface area contributed by atoms with Crippen molar-refractivity contribution < 1.29 is 19.8 Å². The zero-order chi connectivity index (χ0) is 20.5. The van der Waals surface area contributed by atoms with Crippen LogP contribution in [-0.4, -0.2) is 52.3 Å². The standard InChI is InChI=1S/C14H20N2.C8H6O4/c1-3-13-6-8-14(9-7-13)12-15(2)16-10-4-5-11-16;9-7(10)5-2-1-3-6(4-5)8(11)12/h3,6-9H,1,4-5,10-12H2,2H3;1-4H,(H,9,10)(H,11,12). The van der Waals surface area contributed by atoms with E-state index < -0.39 is 11.9 Å². The van der Waals surface area contributed by atoms with Gasteiger partial charge in [-0.05, 0) is 42.2 Å². The van der Waals surface area contributed by atoms with Gasteiger partial charge in [0.25, 0.3) is 0 Å². The predicted molar refractivity (Wildman–Crippen MR) is 109 cm³/mol. The Morgan fingerprint density at radius 1 is 1.04 bits per heavy atom. The molecule has 1 aliphatic heterocycles. The molecule has 6 heteroatoms. The first-order valence-corrected chi connectivity index (χ1v) is 9.14. The molecule has 0 amide bonds. The van der Waals surface area contributed by atoms with E-state index in [0.717, 1.165) is 12.6 Å². The molecule has 0 aromatic heterocycles. The number of hydrazine groups is 1. The molecule has 2 aromatic rings. The highest BCUT2D eigenvalue weighted by Gasteiger charge is 2.15. The van der Waals surface area contributed by atoms with Crippen LogP contribution in [0.1, 0.15) is 44.7 Å². The lowest BCUT2D eigenvalue weighted by Gasteiger charge is -2.27. The van der Waals surface area contributed by atoms with E-state index in [9.17, 15) is 9.59 Å². The Morgan fingerprint density at radius 2 is 1.57 bits per heavy atom. The molecule has 0 bridgehead atoms. The van der Waals surface area contributed by atoms with Gasteiger partial charge in [0.05, 0.1) is 11.1 Å². The van der Waals surface area contributed by atoms with Crippen LogP contribution < -0.4 is 0 Å². The second-order valence-corrected chi connectivity index (χ2v) is 6.61. The van der Waals surface area contributed by atoms with Crippen molar-refractivity contribution in [1.82, 2.24) is 10.0 Å². The van der Waals surface area contributed by atoms with Crippen molar-refractivity contribution in [1.29, 1.82) is 0 Å². The van der Waals surface area contributed by atoms with Crippen LogP contribution >= 0.6 is 0 Å². The topological polar surface area (TPSA) is 81.1 Å². The molecule has 1 heterocycles. The minimum absolute atomic E-state index is 0.0186. The summed E-state index contributed by atoms with van der Waals surface area (Å²) in [7, 11) is 2.17. The van der Waals surface area contributed by atoms with Crippen LogP contribution in [0.5, 0.6) is 0 Å². The summed E-state index contributed by atoms with van der Waals surface area (Å²) in [5.74, 6) is -2.25. The fourth-order valence-electron chi connectivity index (χ4n) is 2.95. The molecule has 28 heavy (non-hydrogen) atoms. The number of carbonyl (C=O) groups is 2. The lowest BCUT2D eigenvalue weighted by molar-refractivity contribution is 0.0164. The Morgan fingerprint density at radius 3 is 2.04 bits per heavy atom. The summed E-state index contributed by atoms with van der Waals surface area (Å²) in [5, 5.41) is 21.8. The Bertz CT molecular complexity index is 782. The second-order valence-electron chi connectivity index (χ2n) is 6.61. The van der Waals surface area contributed by atoms with Crippen LogP contribution in [0, 0.1) is 0 Å². The van der Waals surface area contributed by atoms with Gasteiger partial charge in [-0.3, -0.25) is 0 Å². The van der Waals surface area contributed by atoms with Crippen molar-refractivity contribution in [2.24, 2.45) is 0 Å². The van der Waals surface area contributed by atoms with E-state index in [1.807, 2.05) is 6.08 Å². The fraction of sp³-hybridized carbons (Fsp3) is 0.273. The van der Waals surface area contributed by atoms with E-state index >= 15 is 0 Å². The van der Waals surface area contributed by atoms with E-state index in [1.54, 1.807) is 0 Å². The average Bonchev–Trinajstić information content (AvgIpc) is 3.24. The summed E-state index contributed by atoms with van der Waals surface area (Å²) >= 11 is 0. The van der Waals surface area contributed by atoms with Gasteiger partial charge in [0.15, 0.2) is 0 Å². The van der Waals surface area contributed by atoms with Gasteiger partial charge in [0.1, 0.15) is 0 Å². The molecule has 0 aliphatic carbocycles. The lowest BCUT2D eigenvalue weighted by atomic mass is 10.1. The molecule has 0 radical (unpaired) electrons. The van der Waals surface area contributed by atoms with Crippen LogP contribution in [0.4, 0.5) is 0 Å². The van der Waals surface area contributed by atoms with E-state index in [1.165, 1.54) is 55.3 Å². The van der Waals surface area contributed by atoms with Gasteiger partial charge in [-0.1, -0.05) is 43.0 Å². The molecule has 1 aliphatic rings. The monoisotopic (exact) mass is 382 g/mol. The quantitative estimate of drug-likeness (QED) is 0.790. The van der Waals surface area contributed by atoms with Gasteiger partial charge in [0, 0.05) is 26.7 Å². The molecule has 0 atom stereocenters. The number of aromatic carboxylic acids is 2. The maximum absolute atomic E-state index is 10.4. The molecule has 2 N–H and O–H groups in total. The molecule has 0 saturated carbocycles. The molecular weight excluding hydrogens is 356 g/mol. The maximum Gasteiger partial charge on any atom is 0.335 e. The van der Waals surface area contributed by atoms with Crippen molar-refractivity contribution in [2.75, 3.05) is 20.1 Å². The zero-order valence-corrected chi connectivity index (χ0v) is 16.0. The highest BCUT2D eigenvalue weighted by Crippen LogP contribution is 2.13. The fourth-order valence-corrected chi connectivity index (χ4v) is 2.95. The molecule has 1 fully saturated rings. The van der Waals surface area contributed by atoms with Crippen molar-refractivity contribution >= 4 is 18.0 Å². The molecule has 0 unspecified atom stereocenters. The Labute approximate surface area is 165 Å². The van der Waals surface area contributed by atoms with Crippen LogP contribution in [0.25, 0.3) is 6.08 Å².